The fraction of sp³-hybridized carbons (Fsp3) is 0.400. The molecule has 2 aromatic rings. The highest BCUT2D eigenvalue weighted by molar-refractivity contribution is 5.44. The van der Waals surface area contributed by atoms with E-state index in [1.807, 2.05) is 10.9 Å². The summed E-state index contributed by atoms with van der Waals surface area (Å²) in [4.78, 5) is 0. The first-order valence-corrected chi connectivity index (χ1v) is 6.30. The summed E-state index contributed by atoms with van der Waals surface area (Å²) < 4.78 is 2.00. The molecule has 0 bridgehead atoms. The number of hydrogen-bond acceptors (Lipinski definition) is 2. The van der Waals surface area contributed by atoms with Crippen LogP contribution >= 0.6 is 0 Å². The third kappa shape index (κ3) is 3.13. The highest BCUT2D eigenvalue weighted by atomic mass is 15.3. The van der Waals surface area contributed by atoms with Crippen LogP contribution in [0.15, 0.2) is 36.7 Å². The van der Waals surface area contributed by atoms with E-state index in [9.17, 15) is 0 Å². The van der Waals surface area contributed by atoms with Crippen molar-refractivity contribution in [3.63, 3.8) is 0 Å². The summed E-state index contributed by atoms with van der Waals surface area (Å²) in [6, 6.07) is 8.43. The Labute approximate surface area is 109 Å². The molecule has 0 atom stereocenters. The predicted molar refractivity (Wildman–Crippen MR) is 75.7 cm³/mol. The summed E-state index contributed by atoms with van der Waals surface area (Å²) in [6.07, 6.45) is 4.02. The molecule has 0 radical (unpaired) electrons. The van der Waals surface area contributed by atoms with Gasteiger partial charge in [-0.1, -0.05) is 17.7 Å². The van der Waals surface area contributed by atoms with Crippen molar-refractivity contribution in [2.45, 2.75) is 39.8 Å². The standard InChI is InChI=1S/C15H21N3/c1-12-5-7-14(8-6-12)16-9-13-10-17-18(11-13)15(2,3)4/h5-8,10-11,16H,9H2,1-4H3. The van der Waals surface area contributed by atoms with Gasteiger partial charge in [-0.3, -0.25) is 4.68 Å². The first-order valence-electron chi connectivity index (χ1n) is 6.30. The molecular weight excluding hydrogens is 222 g/mol. The van der Waals surface area contributed by atoms with E-state index in [0.717, 1.165) is 12.2 Å². The Morgan fingerprint density at radius 1 is 1.17 bits per heavy atom. The predicted octanol–water partition coefficient (Wildman–Crippen LogP) is 3.56. The molecule has 0 aliphatic heterocycles. The molecule has 0 saturated carbocycles. The van der Waals surface area contributed by atoms with Crippen LogP contribution in [0.25, 0.3) is 0 Å². The van der Waals surface area contributed by atoms with Crippen molar-refractivity contribution in [1.82, 2.24) is 9.78 Å². The lowest BCUT2D eigenvalue weighted by molar-refractivity contribution is 0.355. The maximum atomic E-state index is 4.39. The Hall–Kier alpha value is -1.77. The smallest absolute Gasteiger partial charge is 0.0543 e. The second kappa shape index (κ2) is 4.84. The Bertz CT molecular complexity index is 503. The van der Waals surface area contributed by atoms with Crippen molar-refractivity contribution < 1.29 is 0 Å². The topological polar surface area (TPSA) is 29.9 Å². The Balaban J connectivity index is 1.98. The fourth-order valence-corrected chi connectivity index (χ4v) is 1.69. The molecule has 3 nitrogen and oxygen atoms in total. The van der Waals surface area contributed by atoms with Gasteiger partial charge in [-0.05, 0) is 39.8 Å². The maximum Gasteiger partial charge on any atom is 0.0543 e. The van der Waals surface area contributed by atoms with Crippen molar-refractivity contribution in [1.29, 1.82) is 0 Å². The van der Waals surface area contributed by atoms with E-state index in [0.29, 0.717) is 0 Å². The molecule has 18 heavy (non-hydrogen) atoms. The first-order chi connectivity index (χ1) is 8.45. The number of nitrogens with one attached hydrogen (secondary N) is 1. The van der Waals surface area contributed by atoms with Gasteiger partial charge in [0.25, 0.3) is 0 Å². The molecule has 1 aromatic heterocycles. The van der Waals surface area contributed by atoms with Crippen LogP contribution in [0.5, 0.6) is 0 Å². The average Bonchev–Trinajstić information content (AvgIpc) is 2.77. The summed E-state index contributed by atoms with van der Waals surface area (Å²) in [5, 5.41) is 7.79. The lowest BCUT2D eigenvalue weighted by atomic mass is 10.1. The highest BCUT2D eigenvalue weighted by Crippen LogP contribution is 2.14. The van der Waals surface area contributed by atoms with E-state index in [1.54, 1.807) is 0 Å². The second-order valence-electron chi connectivity index (χ2n) is 5.68. The van der Waals surface area contributed by atoms with Crippen LogP contribution in [0.4, 0.5) is 5.69 Å². The molecule has 96 valence electrons. The van der Waals surface area contributed by atoms with Gasteiger partial charge in [-0.15, -0.1) is 0 Å². The van der Waals surface area contributed by atoms with Gasteiger partial charge in [0.2, 0.25) is 0 Å². The summed E-state index contributed by atoms with van der Waals surface area (Å²) in [6.45, 7) is 9.35. The number of aromatic nitrogens is 2. The quantitative estimate of drug-likeness (QED) is 0.893. The molecule has 1 N–H and O–H groups in total. The van der Waals surface area contributed by atoms with Gasteiger partial charge < -0.3 is 5.32 Å². The molecule has 1 heterocycles. The van der Waals surface area contributed by atoms with Crippen LogP contribution in [-0.4, -0.2) is 9.78 Å². The van der Waals surface area contributed by atoms with Crippen LogP contribution in [0.3, 0.4) is 0 Å². The number of nitrogens with zero attached hydrogens (tertiary/aromatic N) is 2. The van der Waals surface area contributed by atoms with Crippen LogP contribution < -0.4 is 5.32 Å². The number of benzene rings is 1. The largest absolute Gasteiger partial charge is 0.381 e. The molecule has 0 saturated heterocycles. The molecule has 0 spiro atoms. The Morgan fingerprint density at radius 3 is 2.39 bits per heavy atom. The van der Waals surface area contributed by atoms with Crippen molar-refractivity contribution in [3.05, 3.63) is 47.8 Å². The Morgan fingerprint density at radius 2 is 1.83 bits per heavy atom. The van der Waals surface area contributed by atoms with Gasteiger partial charge in [0, 0.05) is 24.0 Å². The van der Waals surface area contributed by atoms with Gasteiger partial charge in [0.1, 0.15) is 0 Å². The zero-order valence-electron chi connectivity index (χ0n) is 11.6. The summed E-state index contributed by atoms with van der Waals surface area (Å²) in [5.41, 5.74) is 3.66. The molecule has 0 aliphatic carbocycles. The van der Waals surface area contributed by atoms with Gasteiger partial charge in [-0.25, -0.2) is 0 Å². The molecular formula is C15H21N3. The summed E-state index contributed by atoms with van der Waals surface area (Å²) >= 11 is 0. The lowest BCUT2D eigenvalue weighted by Crippen LogP contribution is -2.21. The van der Waals surface area contributed by atoms with Crippen molar-refractivity contribution in [2.24, 2.45) is 0 Å². The van der Waals surface area contributed by atoms with Crippen LogP contribution in [0.2, 0.25) is 0 Å². The minimum absolute atomic E-state index is 0.0438. The van der Waals surface area contributed by atoms with E-state index in [1.165, 1.54) is 11.1 Å². The molecule has 3 heteroatoms. The number of hydrogen-bond donors (Lipinski definition) is 1. The second-order valence-corrected chi connectivity index (χ2v) is 5.68. The third-order valence-corrected chi connectivity index (χ3v) is 2.87. The van der Waals surface area contributed by atoms with Crippen molar-refractivity contribution >= 4 is 5.69 Å². The van der Waals surface area contributed by atoms with E-state index in [-0.39, 0.29) is 5.54 Å². The summed E-state index contributed by atoms with van der Waals surface area (Å²) in [7, 11) is 0. The molecule has 0 unspecified atom stereocenters. The number of anilines is 1. The van der Waals surface area contributed by atoms with Gasteiger partial charge in [-0.2, -0.15) is 5.10 Å². The molecule has 2 rings (SSSR count). The molecule has 0 aliphatic rings. The highest BCUT2D eigenvalue weighted by Gasteiger charge is 2.13. The minimum atomic E-state index is 0.0438. The van der Waals surface area contributed by atoms with Crippen LogP contribution in [0.1, 0.15) is 31.9 Å². The minimum Gasteiger partial charge on any atom is -0.381 e. The average molecular weight is 243 g/mol. The summed E-state index contributed by atoms with van der Waals surface area (Å²) in [5.74, 6) is 0. The lowest BCUT2D eigenvalue weighted by Gasteiger charge is -2.18. The zero-order valence-corrected chi connectivity index (χ0v) is 11.6. The van der Waals surface area contributed by atoms with Crippen LogP contribution in [0, 0.1) is 6.92 Å². The van der Waals surface area contributed by atoms with Crippen molar-refractivity contribution in [2.75, 3.05) is 5.32 Å². The van der Waals surface area contributed by atoms with Crippen molar-refractivity contribution in [3.8, 4) is 0 Å². The number of rotatable bonds is 3. The van der Waals surface area contributed by atoms with Gasteiger partial charge in [0.05, 0.1) is 11.7 Å². The molecule has 0 fully saturated rings. The van der Waals surface area contributed by atoms with Gasteiger partial charge in [0.15, 0.2) is 0 Å². The van der Waals surface area contributed by atoms with E-state index in [2.05, 4.69) is 68.6 Å². The van der Waals surface area contributed by atoms with E-state index < -0.39 is 0 Å². The van der Waals surface area contributed by atoms with E-state index in [4.69, 9.17) is 0 Å². The van der Waals surface area contributed by atoms with Crippen LogP contribution in [-0.2, 0) is 12.1 Å². The normalized spacial score (nSPS) is 11.6. The van der Waals surface area contributed by atoms with E-state index >= 15 is 0 Å². The number of aryl methyl sites for hydroxylation is 1. The van der Waals surface area contributed by atoms with Gasteiger partial charge >= 0.3 is 0 Å². The third-order valence-electron chi connectivity index (χ3n) is 2.87. The maximum absolute atomic E-state index is 4.39. The SMILES string of the molecule is Cc1ccc(NCc2cnn(C(C)(C)C)c2)cc1. The fourth-order valence-electron chi connectivity index (χ4n) is 1.69. The zero-order chi connectivity index (χ0) is 13.2. The molecule has 1 aromatic carbocycles. The monoisotopic (exact) mass is 243 g/mol. The Kier molecular flexibility index (Phi) is 3.41. The first kappa shape index (κ1) is 12.7. The molecule has 0 amide bonds.